The van der Waals surface area contributed by atoms with E-state index in [1.165, 1.54) is 6.92 Å². The number of carbonyl (C=O) groups excluding carboxylic acids is 1. The molecule has 0 bridgehead atoms. The first-order valence-electron chi connectivity index (χ1n) is 6.40. The van der Waals surface area contributed by atoms with Crippen LogP contribution >= 0.6 is 0 Å². The van der Waals surface area contributed by atoms with Crippen LogP contribution in [0, 0.1) is 0 Å². The van der Waals surface area contributed by atoms with Crippen molar-refractivity contribution >= 4 is 5.78 Å². The second-order valence-corrected chi connectivity index (χ2v) is 4.47. The van der Waals surface area contributed by atoms with Crippen LogP contribution in [-0.4, -0.2) is 29.3 Å². The van der Waals surface area contributed by atoms with Crippen LogP contribution in [0.1, 0.15) is 23.0 Å². The summed E-state index contributed by atoms with van der Waals surface area (Å²) >= 11 is 0. The first-order chi connectivity index (χ1) is 9.61. The number of aromatic nitrogens is 2. The fourth-order valence-electron chi connectivity index (χ4n) is 1.92. The van der Waals surface area contributed by atoms with Crippen LogP contribution in [0.3, 0.4) is 0 Å². The monoisotopic (exact) mass is 274 g/mol. The van der Waals surface area contributed by atoms with Gasteiger partial charge in [-0.05, 0) is 31.2 Å². The van der Waals surface area contributed by atoms with E-state index in [1.807, 2.05) is 17.8 Å². The summed E-state index contributed by atoms with van der Waals surface area (Å²) in [5.41, 5.74) is 1.71. The van der Waals surface area contributed by atoms with E-state index in [9.17, 15) is 4.79 Å². The molecule has 0 saturated heterocycles. The topological polar surface area (TPSA) is 53.4 Å². The molecular weight excluding hydrogens is 256 g/mol. The molecule has 0 aliphatic rings. The molecule has 0 amide bonds. The van der Waals surface area contributed by atoms with Gasteiger partial charge in [0.25, 0.3) is 0 Å². The number of rotatable bonds is 6. The number of benzene rings is 1. The third-order valence-corrected chi connectivity index (χ3v) is 3.11. The highest BCUT2D eigenvalue weighted by Crippen LogP contribution is 2.28. The second kappa shape index (κ2) is 6.23. The molecule has 5 nitrogen and oxygen atoms in total. The molecule has 0 radical (unpaired) electrons. The van der Waals surface area contributed by atoms with Gasteiger partial charge in [0.1, 0.15) is 0 Å². The Morgan fingerprint density at radius 1 is 1.30 bits per heavy atom. The predicted molar refractivity (Wildman–Crippen MR) is 75.4 cm³/mol. The maximum atomic E-state index is 11.3. The van der Waals surface area contributed by atoms with E-state index in [0.717, 1.165) is 12.1 Å². The average Bonchev–Trinajstić information content (AvgIpc) is 2.84. The third-order valence-electron chi connectivity index (χ3n) is 3.11. The van der Waals surface area contributed by atoms with Gasteiger partial charge in [-0.2, -0.15) is 5.10 Å². The predicted octanol–water partition coefficient (Wildman–Crippen LogP) is 2.25. The largest absolute Gasteiger partial charge is 0.493 e. The van der Waals surface area contributed by atoms with E-state index in [2.05, 4.69) is 5.10 Å². The summed E-state index contributed by atoms with van der Waals surface area (Å²) in [7, 11) is 3.46. The summed E-state index contributed by atoms with van der Waals surface area (Å²) < 4.78 is 12.8. The van der Waals surface area contributed by atoms with Gasteiger partial charge in [-0.3, -0.25) is 9.48 Å². The van der Waals surface area contributed by atoms with Gasteiger partial charge in [-0.1, -0.05) is 0 Å². The lowest BCUT2D eigenvalue weighted by molar-refractivity contribution is 0.101. The summed E-state index contributed by atoms with van der Waals surface area (Å²) in [6, 6.07) is 7.16. The summed E-state index contributed by atoms with van der Waals surface area (Å²) in [5.74, 6) is 1.21. The molecule has 0 unspecified atom stereocenters. The van der Waals surface area contributed by atoms with Gasteiger partial charge in [0.15, 0.2) is 17.3 Å². The Balaban J connectivity index is 2.02. The number of ether oxygens (including phenoxy) is 2. The molecule has 5 heteroatoms. The van der Waals surface area contributed by atoms with Gasteiger partial charge in [-0.15, -0.1) is 0 Å². The Labute approximate surface area is 118 Å². The van der Waals surface area contributed by atoms with Crippen molar-refractivity contribution in [2.75, 3.05) is 13.7 Å². The summed E-state index contributed by atoms with van der Waals surface area (Å²) in [6.45, 7) is 2.05. The molecule has 0 atom stereocenters. The number of Topliss-reactive ketones (excluding diaryl/α,β-unsaturated/α-hetero) is 1. The molecule has 0 aliphatic heterocycles. The van der Waals surface area contributed by atoms with Crippen LogP contribution in [0.15, 0.2) is 30.5 Å². The van der Waals surface area contributed by atoms with Gasteiger partial charge in [-0.25, -0.2) is 0 Å². The molecule has 0 fully saturated rings. The lowest BCUT2D eigenvalue weighted by atomic mass is 10.1. The zero-order valence-corrected chi connectivity index (χ0v) is 11.9. The Bertz CT molecular complexity index is 605. The normalized spacial score (nSPS) is 10.3. The first kappa shape index (κ1) is 14.1. The molecule has 2 rings (SSSR count). The summed E-state index contributed by atoms with van der Waals surface area (Å²) in [6.07, 6.45) is 2.52. The van der Waals surface area contributed by atoms with Crippen molar-refractivity contribution < 1.29 is 14.3 Å². The number of hydrogen-bond donors (Lipinski definition) is 0. The van der Waals surface area contributed by atoms with Crippen LogP contribution < -0.4 is 9.47 Å². The third kappa shape index (κ3) is 3.17. The van der Waals surface area contributed by atoms with Crippen molar-refractivity contribution in [3.05, 3.63) is 41.7 Å². The van der Waals surface area contributed by atoms with Gasteiger partial charge < -0.3 is 9.47 Å². The molecule has 20 heavy (non-hydrogen) atoms. The smallest absolute Gasteiger partial charge is 0.161 e. The molecule has 0 spiro atoms. The van der Waals surface area contributed by atoms with Crippen molar-refractivity contribution in [2.24, 2.45) is 7.05 Å². The Morgan fingerprint density at radius 3 is 2.70 bits per heavy atom. The van der Waals surface area contributed by atoms with Crippen molar-refractivity contribution in [1.29, 1.82) is 0 Å². The van der Waals surface area contributed by atoms with Gasteiger partial charge in [0.05, 0.1) is 13.7 Å². The van der Waals surface area contributed by atoms with Crippen molar-refractivity contribution in [1.82, 2.24) is 9.78 Å². The summed E-state index contributed by atoms with van der Waals surface area (Å²) in [4.78, 5) is 11.3. The molecule has 1 aromatic carbocycles. The molecule has 1 heterocycles. The Kier molecular flexibility index (Phi) is 4.40. The van der Waals surface area contributed by atoms with Crippen LogP contribution in [-0.2, 0) is 13.5 Å². The maximum absolute atomic E-state index is 11.3. The highest BCUT2D eigenvalue weighted by Gasteiger charge is 2.08. The lowest BCUT2D eigenvalue weighted by Gasteiger charge is -2.11. The summed E-state index contributed by atoms with van der Waals surface area (Å²) in [5, 5.41) is 4.11. The minimum atomic E-state index is 0.00438. The Hall–Kier alpha value is -2.30. The molecule has 0 N–H and O–H groups in total. The second-order valence-electron chi connectivity index (χ2n) is 4.47. The highest BCUT2D eigenvalue weighted by atomic mass is 16.5. The molecule has 0 aliphatic carbocycles. The molecular formula is C15H18N2O3. The van der Waals surface area contributed by atoms with Crippen molar-refractivity contribution in [3.8, 4) is 11.5 Å². The zero-order valence-electron chi connectivity index (χ0n) is 11.9. The maximum Gasteiger partial charge on any atom is 0.161 e. The van der Waals surface area contributed by atoms with E-state index in [-0.39, 0.29) is 5.78 Å². The van der Waals surface area contributed by atoms with Crippen molar-refractivity contribution in [2.45, 2.75) is 13.3 Å². The Morgan fingerprint density at radius 2 is 2.10 bits per heavy atom. The average molecular weight is 274 g/mol. The van der Waals surface area contributed by atoms with E-state index < -0.39 is 0 Å². The van der Waals surface area contributed by atoms with Crippen LogP contribution in [0.2, 0.25) is 0 Å². The van der Waals surface area contributed by atoms with Gasteiger partial charge >= 0.3 is 0 Å². The number of ketones is 1. The standard InChI is InChI=1S/C15H18N2O3/c1-11(18)12-4-5-14(15(10-12)19-3)20-9-7-13-6-8-16-17(13)2/h4-6,8,10H,7,9H2,1-3H3. The quantitative estimate of drug-likeness (QED) is 0.758. The number of hydrogen-bond acceptors (Lipinski definition) is 4. The zero-order chi connectivity index (χ0) is 14.5. The minimum Gasteiger partial charge on any atom is -0.493 e. The molecule has 1 aromatic heterocycles. The van der Waals surface area contributed by atoms with E-state index in [4.69, 9.17) is 9.47 Å². The SMILES string of the molecule is COc1cc(C(C)=O)ccc1OCCc1ccnn1C. The molecule has 106 valence electrons. The van der Waals surface area contributed by atoms with Crippen LogP contribution in [0.4, 0.5) is 0 Å². The van der Waals surface area contributed by atoms with E-state index in [1.54, 1.807) is 31.5 Å². The fourth-order valence-corrected chi connectivity index (χ4v) is 1.92. The van der Waals surface area contributed by atoms with E-state index in [0.29, 0.717) is 23.7 Å². The molecule has 0 saturated carbocycles. The number of nitrogens with zero attached hydrogens (tertiary/aromatic N) is 2. The highest BCUT2D eigenvalue weighted by molar-refractivity contribution is 5.94. The van der Waals surface area contributed by atoms with E-state index >= 15 is 0 Å². The number of aryl methyl sites for hydroxylation is 1. The van der Waals surface area contributed by atoms with Crippen LogP contribution in [0.25, 0.3) is 0 Å². The van der Waals surface area contributed by atoms with Crippen LogP contribution in [0.5, 0.6) is 11.5 Å². The van der Waals surface area contributed by atoms with Crippen molar-refractivity contribution in [3.63, 3.8) is 0 Å². The lowest BCUT2D eigenvalue weighted by Crippen LogP contribution is -2.07. The minimum absolute atomic E-state index is 0.00438. The van der Waals surface area contributed by atoms with Gasteiger partial charge in [0, 0.05) is 30.9 Å². The fraction of sp³-hybridized carbons (Fsp3) is 0.333. The number of carbonyl (C=O) groups is 1. The van der Waals surface area contributed by atoms with Gasteiger partial charge in [0.2, 0.25) is 0 Å². The molecule has 2 aromatic rings. The number of methoxy groups -OCH3 is 1. The first-order valence-corrected chi connectivity index (χ1v) is 6.40.